The zero-order chi connectivity index (χ0) is 22.2. The Morgan fingerprint density at radius 2 is 1.79 bits per heavy atom. The molecular formula is C22H36N2O5. The molecule has 1 atom stereocenters. The molecule has 0 aliphatic rings. The molecule has 1 rings (SSSR count). The average Bonchev–Trinajstić information content (AvgIpc) is 2.63. The second-order valence-electron chi connectivity index (χ2n) is 8.41. The van der Waals surface area contributed by atoms with Gasteiger partial charge in [-0.15, -0.1) is 0 Å². The number of hydrogen-bond acceptors (Lipinski definition) is 5. The van der Waals surface area contributed by atoms with E-state index in [2.05, 4.69) is 0 Å². The number of para-hydroxylation sites is 1. The minimum atomic E-state index is -0.700. The number of phenols is 2. The monoisotopic (exact) mass is 408 g/mol. The molecular weight excluding hydrogens is 372 g/mol. The number of carbonyl (C=O) groups is 2. The van der Waals surface area contributed by atoms with Crippen LogP contribution in [0.2, 0.25) is 0 Å². The molecule has 164 valence electrons. The molecule has 7 heteroatoms. The van der Waals surface area contributed by atoms with E-state index in [-0.39, 0.29) is 24.0 Å². The summed E-state index contributed by atoms with van der Waals surface area (Å²) in [5, 5.41) is 19.7. The number of benzene rings is 1. The minimum absolute atomic E-state index is 0.144. The highest BCUT2D eigenvalue weighted by Gasteiger charge is 2.31. The van der Waals surface area contributed by atoms with E-state index >= 15 is 0 Å². The summed E-state index contributed by atoms with van der Waals surface area (Å²) in [4.78, 5) is 28.7. The van der Waals surface area contributed by atoms with E-state index in [4.69, 9.17) is 4.74 Å². The SMILES string of the molecule is CCCN(CCc1cccc(O)c1O)C(=O)N(CC(C)CC)C(=O)OC(C)(C)C. The second-order valence-corrected chi connectivity index (χ2v) is 8.41. The van der Waals surface area contributed by atoms with Crippen LogP contribution < -0.4 is 0 Å². The predicted octanol–water partition coefficient (Wildman–Crippen LogP) is 4.76. The Kier molecular flexibility index (Phi) is 9.27. The van der Waals surface area contributed by atoms with Gasteiger partial charge in [0, 0.05) is 19.6 Å². The highest BCUT2D eigenvalue weighted by atomic mass is 16.6. The van der Waals surface area contributed by atoms with Crippen molar-refractivity contribution in [3.05, 3.63) is 23.8 Å². The third kappa shape index (κ3) is 7.83. The van der Waals surface area contributed by atoms with Crippen molar-refractivity contribution < 1.29 is 24.5 Å². The quantitative estimate of drug-likeness (QED) is 0.606. The molecule has 0 aliphatic carbocycles. The molecule has 0 aliphatic heterocycles. The summed E-state index contributed by atoms with van der Waals surface area (Å²) in [6.45, 7) is 12.3. The lowest BCUT2D eigenvalue weighted by atomic mass is 10.1. The predicted molar refractivity (Wildman–Crippen MR) is 113 cm³/mol. The van der Waals surface area contributed by atoms with Gasteiger partial charge in [0.2, 0.25) is 0 Å². The highest BCUT2D eigenvalue weighted by molar-refractivity contribution is 5.91. The molecule has 1 aromatic carbocycles. The standard InChI is InChI=1S/C22H36N2O5/c1-7-13-23(14-12-17-10-9-11-18(25)19(17)26)20(27)24(15-16(3)8-2)21(28)29-22(4,5)6/h9-11,16,25-26H,7-8,12-15H2,1-6H3. The van der Waals surface area contributed by atoms with Gasteiger partial charge < -0.3 is 19.8 Å². The maximum absolute atomic E-state index is 13.2. The normalized spacial score (nSPS) is 12.3. The number of hydrogen-bond donors (Lipinski definition) is 2. The number of carbonyl (C=O) groups excluding carboxylic acids is 2. The van der Waals surface area contributed by atoms with E-state index in [9.17, 15) is 19.8 Å². The van der Waals surface area contributed by atoms with E-state index in [1.54, 1.807) is 37.8 Å². The Labute approximate surface area is 174 Å². The summed E-state index contributed by atoms with van der Waals surface area (Å²) in [6.07, 6.45) is 1.27. The third-order valence-corrected chi connectivity index (χ3v) is 4.55. The van der Waals surface area contributed by atoms with Crippen LogP contribution in [0.15, 0.2) is 18.2 Å². The smallest absolute Gasteiger partial charge is 0.418 e. The Hall–Kier alpha value is -2.44. The zero-order valence-corrected chi connectivity index (χ0v) is 18.6. The van der Waals surface area contributed by atoms with Crippen molar-refractivity contribution in [2.75, 3.05) is 19.6 Å². The Balaban J connectivity index is 3.02. The molecule has 2 N–H and O–H groups in total. The maximum Gasteiger partial charge on any atom is 0.418 e. The summed E-state index contributed by atoms with van der Waals surface area (Å²) in [7, 11) is 0. The first kappa shape index (κ1) is 24.6. The number of rotatable bonds is 8. The fourth-order valence-corrected chi connectivity index (χ4v) is 2.77. The van der Waals surface area contributed by atoms with Crippen molar-refractivity contribution in [2.45, 2.75) is 66.4 Å². The number of nitrogens with zero attached hydrogens (tertiary/aromatic N) is 2. The van der Waals surface area contributed by atoms with Crippen molar-refractivity contribution in [3.8, 4) is 11.5 Å². The fourth-order valence-electron chi connectivity index (χ4n) is 2.77. The van der Waals surface area contributed by atoms with E-state index in [1.165, 1.54) is 11.0 Å². The van der Waals surface area contributed by atoms with Gasteiger partial charge in [-0.05, 0) is 51.2 Å². The molecule has 1 unspecified atom stereocenters. The van der Waals surface area contributed by atoms with Crippen molar-refractivity contribution >= 4 is 12.1 Å². The lowest BCUT2D eigenvalue weighted by molar-refractivity contribution is 0.0262. The molecule has 0 saturated heterocycles. The molecule has 0 spiro atoms. The first-order valence-corrected chi connectivity index (χ1v) is 10.3. The number of urea groups is 1. The summed E-state index contributed by atoms with van der Waals surface area (Å²) < 4.78 is 5.46. The summed E-state index contributed by atoms with van der Waals surface area (Å²) in [5.74, 6) is -0.229. The Bertz CT molecular complexity index is 684. The first-order valence-electron chi connectivity index (χ1n) is 10.3. The van der Waals surface area contributed by atoms with Gasteiger partial charge in [-0.3, -0.25) is 0 Å². The largest absolute Gasteiger partial charge is 0.504 e. The van der Waals surface area contributed by atoms with Gasteiger partial charge >= 0.3 is 12.1 Å². The van der Waals surface area contributed by atoms with Gasteiger partial charge in [0.1, 0.15) is 5.60 Å². The van der Waals surface area contributed by atoms with Gasteiger partial charge in [0.05, 0.1) is 0 Å². The van der Waals surface area contributed by atoms with Crippen LogP contribution in [0.1, 0.15) is 59.9 Å². The lowest BCUT2D eigenvalue weighted by Crippen LogP contribution is -2.50. The van der Waals surface area contributed by atoms with Gasteiger partial charge in [0.15, 0.2) is 11.5 Å². The molecule has 0 radical (unpaired) electrons. The third-order valence-electron chi connectivity index (χ3n) is 4.55. The Morgan fingerprint density at radius 1 is 1.14 bits per heavy atom. The van der Waals surface area contributed by atoms with Gasteiger partial charge in [-0.25, -0.2) is 14.5 Å². The molecule has 29 heavy (non-hydrogen) atoms. The first-order chi connectivity index (χ1) is 13.5. The molecule has 1 aromatic rings. The fraction of sp³-hybridized carbons (Fsp3) is 0.636. The minimum Gasteiger partial charge on any atom is -0.504 e. The van der Waals surface area contributed by atoms with Crippen LogP contribution in [0.25, 0.3) is 0 Å². The lowest BCUT2D eigenvalue weighted by Gasteiger charge is -2.32. The molecule has 0 bridgehead atoms. The second kappa shape index (κ2) is 10.9. The van der Waals surface area contributed by atoms with E-state index < -0.39 is 17.7 Å². The van der Waals surface area contributed by atoms with Crippen molar-refractivity contribution in [3.63, 3.8) is 0 Å². The Morgan fingerprint density at radius 3 is 2.34 bits per heavy atom. The van der Waals surface area contributed by atoms with Crippen LogP contribution >= 0.6 is 0 Å². The molecule has 0 aromatic heterocycles. The van der Waals surface area contributed by atoms with E-state index in [1.807, 2.05) is 20.8 Å². The van der Waals surface area contributed by atoms with Crippen LogP contribution in [0.4, 0.5) is 9.59 Å². The maximum atomic E-state index is 13.2. The van der Waals surface area contributed by atoms with Crippen LogP contribution in [0.5, 0.6) is 11.5 Å². The summed E-state index contributed by atoms with van der Waals surface area (Å²) in [6, 6.07) is 4.35. The van der Waals surface area contributed by atoms with E-state index in [0.717, 1.165) is 12.8 Å². The highest BCUT2D eigenvalue weighted by Crippen LogP contribution is 2.28. The molecule has 0 saturated carbocycles. The van der Waals surface area contributed by atoms with Crippen LogP contribution in [-0.4, -0.2) is 57.4 Å². The zero-order valence-electron chi connectivity index (χ0n) is 18.6. The number of aromatic hydroxyl groups is 2. The van der Waals surface area contributed by atoms with Crippen LogP contribution in [0, 0.1) is 5.92 Å². The molecule has 0 fully saturated rings. The van der Waals surface area contributed by atoms with Gasteiger partial charge in [-0.1, -0.05) is 39.3 Å². The van der Waals surface area contributed by atoms with Crippen LogP contribution in [0.3, 0.4) is 0 Å². The van der Waals surface area contributed by atoms with Gasteiger partial charge in [-0.2, -0.15) is 0 Å². The average molecular weight is 409 g/mol. The van der Waals surface area contributed by atoms with E-state index in [0.29, 0.717) is 25.1 Å². The number of ether oxygens (including phenoxy) is 1. The number of amides is 3. The molecule has 3 amide bonds. The summed E-state index contributed by atoms with van der Waals surface area (Å²) in [5.41, 5.74) is -0.154. The van der Waals surface area contributed by atoms with Crippen LogP contribution in [-0.2, 0) is 11.2 Å². The van der Waals surface area contributed by atoms with Gasteiger partial charge in [0.25, 0.3) is 0 Å². The van der Waals surface area contributed by atoms with Crippen molar-refractivity contribution in [2.24, 2.45) is 5.92 Å². The van der Waals surface area contributed by atoms with Crippen molar-refractivity contribution in [1.82, 2.24) is 9.80 Å². The molecule has 7 nitrogen and oxygen atoms in total. The number of phenolic OH excluding ortho intramolecular Hbond substituents is 2. The number of imide groups is 1. The summed E-state index contributed by atoms with van der Waals surface area (Å²) >= 11 is 0. The van der Waals surface area contributed by atoms with Crippen molar-refractivity contribution in [1.29, 1.82) is 0 Å². The molecule has 0 heterocycles. The topological polar surface area (TPSA) is 90.3 Å².